The summed E-state index contributed by atoms with van der Waals surface area (Å²) in [6.07, 6.45) is 0. The van der Waals surface area contributed by atoms with Crippen LogP contribution in [0.25, 0.3) is 0 Å². The van der Waals surface area contributed by atoms with Crippen molar-refractivity contribution < 1.29 is 19.4 Å². The third-order valence-electron chi connectivity index (χ3n) is 2.71. The lowest BCUT2D eigenvalue weighted by Crippen LogP contribution is -2.35. The van der Waals surface area contributed by atoms with Crippen LogP contribution in [0.15, 0.2) is 36.4 Å². The number of amides is 1. The maximum Gasteiger partial charge on any atom is 0.332 e. The van der Waals surface area contributed by atoms with Crippen LogP contribution < -0.4 is 4.74 Å². The molecule has 1 amide bonds. The Hall–Kier alpha value is -2.30. The molecule has 5 heteroatoms. The van der Waals surface area contributed by atoms with E-state index in [1.807, 2.05) is 0 Å². The number of rotatable bonds is 3. The normalized spacial score (nSPS) is 14.4. The van der Waals surface area contributed by atoms with Crippen LogP contribution >= 0.6 is 0 Å². The maximum absolute atomic E-state index is 12.2. The summed E-state index contributed by atoms with van der Waals surface area (Å²) in [6.45, 7) is 4.13. The molecular weight excluding hydrogens is 234 g/mol. The molecule has 0 aromatic heterocycles. The maximum atomic E-state index is 12.2. The highest BCUT2D eigenvalue weighted by molar-refractivity contribution is 5.98. The number of hydrogen-bond acceptors (Lipinski definition) is 3. The number of carboxylic acids is 1. The molecule has 0 saturated heterocycles. The fourth-order valence-corrected chi connectivity index (χ4v) is 1.76. The minimum atomic E-state index is -1.10. The van der Waals surface area contributed by atoms with Gasteiger partial charge in [-0.3, -0.25) is 4.79 Å². The SMILES string of the molecule is C=C(CN1CCOc2ccccc2C1=O)C(=O)O. The Morgan fingerprint density at radius 3 is 2.89 bits per heavy atom. The van der Waals surface area contributed by atoms with E-state index < -0.39 is 5.97 Å². The van der Waals surface area contributed by atoms with E-state index in [-0.39, 0.29) is 18.0 Å². The van der Waals surface area contributed by atoms with Gasteiger partial charge in [-0.2, -0.15) is 0 Å². The van der Waals surface area contributed by atoms with Crippen molar-refractivity contribution in [1.82, 2.24) is 4.90 Å². The largest absolute Gasteiger partial charge is 0.491 e. The highest BCUT2D eigenvalue weighted by Gasteiger charge is 2.24. The third kappa shape index (κ3) is 2.34. The average molecular weight is 247 g/mol. The predicted octanol–water partition coefficient (Wildman–Crippen LogP) is 1.16. The number of hydrogen-bond donors (Lipinski definition) is 1. The molecule has 0 fully saturated rings. The van der Waals surface area contributed by atoms with Gasteiger partial charge in [-0.25, -0.2) is 4.79 Å². The van der Waals surface area contributed by atoms with Gasteiger partial charge < -0.3 is 14.7 Å². The molecule has 1 aromatic rings. The van der Waals surface area contributed by atoms with Crippen molar-refractivity contribution in [1.29, 1.82) is 0 Å². The topological polar surface area (TPSA) is 66.8 Å². The van der Waals surface area contributed by atoms with Crippen molar-refractivity contribution in [2.45, 2.75) is 0 Å². The lowest BCUT2D eigenvalue weighted by molar-refractivity contribution is -0.132. The van der Waals surface area contributed by atoms with Gasteiger partial charge in [0.05, 0.1) is 18.7 Å². The second-order valence-electron chi connectivity index (χ2n) is 3.98. The molecule has 0 saturated carbocycles. The van der Waals surface area contributed by atoms with Gasteiger partial charge in [-0.1, -0.05) is 18.7 Å². The Labute approximate surface area is 104 Å². The summed E-state index contributed by atoms with van der Waals surface area (Å²) in [5, 5.41) is 8.80. The summed E-state index contributed by atoms with van der Waals surface area (Å²) >= 11 is 0. The summed E-state index contributed by atoms with van der Waals surface area (Å²) in [4.78, 5) is 24.4. The molecule has 0 aliphatic carbocycles. The molecule has 1 aliphatic rings. The van der Waals surface area contributed by atoms with Gasteiger partial charge in [-0.05, 0) is 12.1 Å². The fraction of sp³-hybridized carbons (Fsp3) is 0.231. The highest BCUT2D eigenvalue weighted by Crippen LogP contribution is 2.22. The number of carbonyl (C=O) groups excluding carboxylic acids is 1. The van der Waals surface area contributed by atoms with Crippen LogP contribution in [-0.2, 0) is 4.79 Å². The van der Waals surface area contributed by atoms with Crippen molar-refractivity contribution in [3.63, 3.8) is 0 Å². The highest BCUT2D eigenvalue weighted by atomic mass is 16.5. The number of benzene rings is 1. The van der Waals surface area contributed by atoms with Gasteiger partial charge in [0.25, 0.3) is 5.91 Å². The third-order valence-corrected chi connectivity index (χ3v) is 2.71. The number of carbonyl (C=O) groups is 2. The number of fused-ring (bicyclic) bond motifs is 1. The van der Waals surface area contributed by atoms with Crippen LogP contribution in [-0.4, -0.2) is 41.6 Å². The Balaban J connectivity index is 2.23. The van der Waals surface area contributed by atoms with E-state index in [1.54, 1.807) is 24.3 Å². The van der Waals surface area contributed by atoms with Gasteiger partial charge in [0, 0.05) is 5.57 Å². The first-order valence-corrected chi connectivity index (χ1v) is 5.52. The van der Waals surface area contributed by atoms with E-state index in [1.165, 1.54) is 4.90 Å². The lowest BCUT2D eigenvalue weighted by Gasteiger charge is -2.19. The standard InChI is InChI=1S/C13H13NO4/c1-9(13(16)17)8-14-6-7-18-11-5-3-2-4-10(11)12(14)15/h2-5H,1,6-8H2,(H,16,17). The van der Waals surface area contributed by atoms with Crippen molar-refractivity contribution in [2.24, 2.45) is 0 Å². The van der Waals surface area contributed by atoms with Crippen LogP contribution in [0, 0.1) is 0 Å². The molecule has 1 aliphatic heterocycles. The first kappa shape index (κ1) is 12.2. The first-order valence-electron chi connectivity index (χ1n) is 5.52. The van der Waals surface area contributed by atoms with Crippen molar-refractivity contribution in [2.75, 3.05) is 19.7 Å². The van der Waals surface area contributed by atoms with Crippen LogP contribution in [0.1, 0.15) is 10.4 Å². The van der Waals surface area contributed by atoms with Gasteiger partial charge in [0.1, 0.15) is 12.4 Å². The lowest BCUT2D eigenvalue weighted by atomic mass is 10.1. The number of ether oxygens (including phenoxy) is 1. The average Bonchev–Trinajstić information content (AvgIpc) is 2.51. The summed E-state index contributed by atoms with van der Waals surface area (Å²) in [6, 6.07) is 6.93. The Kier molecular flexibility index (Phi) is 3.32. The van der Waals surface area contributed by atoms with Gasteiger partial charge in [0.15, 0.2) is 0 Å². The first-order chi connectivity index (χ1) is 8.59. The summed E-state index contributed by atoms with van der Waals surface area (Å²) < 4.78 is 5.45. The second-order valence-corrected chi connectivity index (χ2v) is 3.98. The minimum absolute atomic E-state index is 0.00581. The summed E-state index contributed by atoms with van der Waals surface area (Å²) in [5.41, 5.74) is 0.441. The van der Waals surface area contributed by atoms with E-state index in [0.717, 1.165) is 0 Å². The van der Waals surface area contributed by atoms with Crippen molar-refractivity contribution in [3.05, 3.63) is 42.0 Å². The van der Waals surface area contributed by atoms with Gasteiger partial charge >= 0.3 is 5.97 Å². The smallest absolute Gasteiger partial charge is 0.332 e. The molecule has 1 aromatic carbocycles. The minimum Gasteiger partial charge on any atom is -0.491 e. The molecule has 2 rings (SSSR count). The molecule has 1 N–H and O–H groups in total. The van der Waals surface area contributed by atoms with E-state index >= 15 is 0 Å². The molecule has 1 heterocycles. The van der Waals surface area contributed by atoms with E-state index in [4.69, 9.17) is 9.84 Å². The second kappa shape index (κ2) is 4.91. The molecule has 0 bridgehead atoms. The Morgan fingerprint density at radius 1 is 1.44 bits per heavy atom. The molecular formula is C13H13NO4. The number of nitrogens with zero attached hydrogens (tertiary/aromatic N) is 1. The monoisotopic (exact) mass is 247 g/mol. The van der Waals surface area contributed by atoms with Crippen molar-refractivity contribution in [3.8, 4) is 5.75 Å². The Bertz CT molecular complexity index is 509. The molecule has 18 heavy (non-hydrogen) atoms. The van der Waals surface area contributed by atoms with Crippen molar-refractivity contribution >= 4 is 11.9 Å². The zero-order valence-electron chi connectivity index (χ0n) is 9.76. The zero-order chi connectivity index (χ0) is 13.1. The van der Waals surface area contributed by atoms with E-state index in [0.29, 0.717) is 24.5 Å². The van der Waals surface area contributed by atoms with Gasteiger partial charge in [-0.15, -0.1) is 0 Å². The van der Waals surface area contributed by atoms with Crippen LogP contribution in [0.2, 0.25) is 0 Å². The summed E-state index contributed by atoms with van der Waals surface area (Å²) in [7, 11) is 0. The predicted molar refractivity (Wildman–Crippen MR) is 64.6 cm³/mol. The molecule has 0 atom stereocenters. The Morgan fingerprint density at radius 2 is 2.17 bits per heavy atom. The number of carboxylic acid groups (broad SMARTS) is 1. The van der Waals surface area contributed by atoms with E-state index in [9.17, 15) is 9.59 Å². The van der Waals surface area contributed by atoms with Crippen LogP contribution in [0.3, 0.4) is 0 Å². The number of para-hydroxylation sites is 1. The van der Waals surface area contributed by atoms with Crippen LogP contribution in [0.4, 0.5) is 0 Å². The van der Waals surface area contributed by atoms with Gasteiger partial charge in [0.2, 0.25) is 0 Å². The zero-order valence-corrected chi connectivity index (χ0v) is 9.76. The number of aliphatic carboxylic acids is 1. The van der Waals surface area contributed by atoms with Crippen LogP contribution in [0.5, 0.6) is 5.75 Å². The summed E-state index contributed by atoms with van der Waals surface area (Å²) in [5.74, 6) is -0.794. The molecule has 0 radical (unpaired) electrons. The molecule has 94 valence electrons. The quantitative estimate of drug-likeness (QED) is 0.814. The molecule has 0 unspecified atom stereocenters. The molecule has 5 nitrogen and oxygen atoms in total. The molecule has 0 spiro atoms. The fourth-order valence-electron chi connectivity index (χ4n) is 1.76. The van der Waals surface area contributed by atoms with E-state index in [2.05, 4.69) is 6.58 Å².